The van der Waals surface area contributed by atoms with Gasteiger partial charge in [-0.1, -0.05) is 0 Å². The normalized spacial score (nSPS) is 28.8. The third-order valence-electron chi connectivity index (χ3n) is 3.20. The Balaban J connectivity index is 1.69. The second-order valence-corrected chi connectivity index (χ2v) is 4.33. The van der Waals surface area contributed by atoms with Gasteiger partial charge in [0.25, 0.3) is 0 Å². The van der Waals surface area contributed by atoms with Gasteiger partial charge in [0.2, 0.25) is 0 Å². The Hall–Kier alpha value is -0.0800. The van der Waals surface area contributed by atoms with Crippen LogP contribution in [0.4, 0.5) is 0 Å². The zero-order chi connectivity index (χ0) is 8.39. The van der Waals surface area contributed by atoms with Crippen molar-refractivity contribution < 1.29 is 5.11 Å². The van der Waals surface area contributed by atoms with E-state index in [4.69, 9.17) is 0 Å². The molecule has 2 nitrogen and oxygen atoms in total. The summed E-state index contributed by atoms with van der Waals surface area (Å²) in [5, 5.41) is 13.1. The summed E-state index contributed by atoms with van der Waals surface area (Å²) in [6, 6.07) is 0. The minimum Gasteiger partial charge on any atom is -0.393 e. The van der Waals surface area contributed by atoms with Crippen molar-refractivity contribution in [2.45, 2.75) is 38.2 Å². The smallest absolute Gasteiger partial charge is 0.0571 e. The highest BCUT2D eigenvalue weighted by atomic mass is 16.3. The molecule has 0 amide bonds. The minimum atomic E-state index is 0.0214. The summed E-state index contributed by atoms with van der Waals surface area (Å²) in [4.78, 5) is 0. The van der Waals surface area contributed by atoms with Crippen molar-refractivity contribution in [1.29, 1.82) is 0 Å². The Morgan fingerprint density at radius 3 is 2.42 bits per heavy atom. The Morgan fingerprint density at radius 1 is 1.17 bits per heavy atom. The SMILES string of the molecule is OC(CC1CCNCC1)C1CC1. The van der Waals surface area contributed by atoms with Crippen molar-refractivity contribution >= 4 is 0 Å². The van der Waals surface area contributed by atoms with E-state index in [2.05, 4.69) is 5.32 Å². The molecule has 0 radical (unpaired) electrons. The van der Waals surface area contributed by atoms with E-state index in [1.54, 1.807) is 0 Å². The second-order valence-electron chi connectivity index (χ2n) is 4.33. The molecule has 2 fully saturated rings. The molecule has 0 aromatic carbocycles. The van der Waals surface area contributed by atoms with Crippen molar-refractivity contribution in [1.82, 2.24) is 5.32 Å². The molecule has 0 aromatic heterocycles. The number of rotatable bonds is 3. The molecule has 2 heteroatoms. The zero-order valence-electron chi connectivity index (χ0n) is 7.63. The second kappa shape index (κ2) is 3.75. The monoisotopic (exact) mass is 169 g/mol. The molecule has 1 aliphatic heterocycles. The Bertz CT molecular complexity index is 139. The molecule has 0 spiro atoms. The van der Waals surface area contributed by atoms with Gasteiger partial charge < -0.3 is 10.4 Å². The minimum absolute atomic E-state index is 0.0214. The third-order valence-corrected chi connectivity index (χ3v) is 3.20. The molecule has 1 unspecified atom stereocenters. The first-order valence-electron chi connectivity index (χ1n) is 5.25. The van der Waals surface area contributed by atoms with E-state index in [0.717, 1.165) is 25.4 Å². The van der Waals surface area contributed by atoms with Crippen LogP contribution in [-0.2, 0) is 0 Å². The van der Waals surface area contributed by atoms with Crippen LogP contribution in [0.2, 0.25) is 0 Å². The van der Waals surface area contributed by atoms with Crippen LogP contribution in [0.3, 0.4) is 0 Å². The van der Waals surface area contributed by atoms with Crippen molar-refractivity contribution in [2.75, 3.05) is 13.1 Å². The molecular weight excluding hydrogens is 150 g/mol. The summed E-state index contributed by atoms with van der Waals surface area (Å²) >= 11 is 0. The third kappa shape index (κ3) is 2.20. The van der Waals surface area contributed by atoms with E-state index in [1.807, 2.05) is 0 Å². The fourth-order valence-corrected chi connectivity index (χ4v) is 2.13. The van der Waals surface area contributed by atoms with Gasteiger partial charge in [-0.3, -0.25) is 0 Å². The van der Waals surface area contributed by atoms with Gasteiger partial charge in [-0.2, -0.15) is 0 Å². The van der Waals surface area contributed by atoms with Gasteiger partial charge in [-0.15, -0.1) is 0 Å². The first kappa shape index (κ1) is 8.52. The number of piperidine rings is 1. The van der Waals surface area contributed by atoms with E-state index < -0.39 is 0 Å². The van der Waals surface area contributed by atoms with E-state index in [1.165, 1.54) is 25.7 Å². The lowest BCUT2D eigenvalue weighted by molar-refractivity contribution is 0.112. The van der Waals surface area contributed by atoms with Gasteiger partial charge in [-0.25, -0.2) is 0 Å². The molecule has 12 heavy (non-hydrogen) atoms. The van der Waals surface area contributed by atoms with Crippen LogP contribution in [0.15, 0.2) is 0 Å². The van der Waals surface area contributed by atoms with Gasteiger partial charge in [-0.05, 0) is 57.0 Å². The predicted octanol–water partition coefficient (Wildman–Crippen LogP) is 1.15. The summed E-state index contributed by atoms with van der Waals surface area (Å²) < 4.78 is 0. The van der Waals surface area contributed by atoms with Gasteiger partial charge in [0.05, 0.1) is 6.10 Å². The standard InChI is InChI=1S/C10H19NO/c12-10(9-1-2-9)7-8-3-5-11-6-4-8/h8-12H,1-7H2. The molecule has 1 heterocycles. The summed E-state index contributed by atoms with van der Waals surface area (Å²) in [5.41, 5.74) is 0. The number of hydrogen-bond acceptors (Lipinski definition) is 2. The van der Waals surface area contributed by atoms with Gasteiger partial charge >= 0.3 is 0 Å². The van der Waals surface area contributed by atoms with Crippen LogP contribution >= 0.6 is 0 Å². The molecule has 2 rings (SSSR count). The largest absolute Gasteiger partial charge is 0.393 e. The molecule has 0 bridgehead atoms. The Kier molecular flexibility index (Phi) is 2.66. The topological polar surface area (TPSA) is 32.3 Å². The fourth-order valence-electron chi connectivity index (χ4n) is 2.13. The summed E-state index contributed by atoms with van der Waals surface area (Å²) in [6.45, 7) is 2.31. The van der Waals surface area contributed by atoms with Crippen molar-refractivity contribution in [3.05, 3.63) is 0 Å². The molecule has 0 aromatic rings. The van der Waals surface area contributed by atoms with Crippen LogP contribution in [0.5, 0.6) is 0 Å². The summed E-state index contributed by atoms with van der Waals surface area (Å²) in [6.07, 6.45) is 6.16. The first-order valence-corrected chi connectivity index (χ1v) is 5.25. The van der Waals surface area contributed by atoms with Gasteiger partial charge in [0.1, 0.15) is 0 Å². The van der Waals surface area contributed by atoms with Crippen LogP contribution in [0, 0.1) is 11.8 Å². The lowest BCUT2D eigenvalue weighted by Crippen LogP contribution is -2.30. The van der Waals surface area contributed by atoms with Crippen LogP contribution in [0.25, 0.3) is 0 Å². The number of aliphatic hydroxyl groups excluding tert-OH is 1. The number of hydrogen-bond donors (Lipinski definition) is 2. The van der Waals surface area contributed by atoms with E-state index in [0.29, 0.717) is 5.92 Å². The van der Waals surface area contributed by atoms with Crippen LogP contribution in [-0.4, -0.2) is 24.3 Å². The van der Waals surface area contributed by atoms with Crippen molar-refractivity contribution in [3.63, 3.8) is 0 Å². The molecule has 70 valence electrons. The highest BCUT2D eigenvalue weighted by molar-refractivity contribution is 4.83. The number of nitrogens with one attached hydrogen (secondary N) is 1. The number of aliphatic hydroxyl groups is 1. The Labute approximate surface area is 74.4 Å². The molecule has 2 aliphatic rings. The molecule has 2 N–H and O–H groups in total. The van der Waals surface area contributed by atoms with Crippen LogP contribution in [0.1, 0.15) is 32.1 Å². The van der Waals surface area contributed by atoms with Gasteiger partial charge in [0, 0.05) is 0 Å². The summed E-state index contributed by atoms with van der Waals surface area (Å²) in [5.74, 6) is 1.46. The Morgan fingerprint density at radius 2 is 1.83 bits per heavy atom. The van der Waals surface area contributed by atoms with Crippen molar-refractivity contribution in [2.24, 2.45) is 11.8 Å². The molecule has 1 saturated carbocycles. The average molecular weight is 169 g/mol. The molecular formula is C10H19NO. The maximum atomic E-state index is 9.72. The molecule has 1 aliphatic carbocycles. The highest BCUT2D eigenvalue weighted by Crippen LogP contribution is 2.36. The maximum absolute atomic E-state index is 9.72. The first-order chi connectivity index (χ1) is 5.86. The molecule has 1 saturated heterocycles. The van der Waals surface area contributed by atoms with E-state index in [9.17, 15) is 5.11 Å². The fraction of sp³-hybridized carbons (Fsp3) is 1.00. The van der Waals surface area contributed by atoms with Crippen molar-refractivity contribution in [3.8, 4) is 0 Å². The lowest BCUT2D eigenvalue weighted by Gasteiger charge is -2.24. The van der Waals surface area contributed by atoms with E-state index >= 15 is 0 Å². The predicted molar refractivity (Wildman–Crippen MR) is 48.9 cm³/mol. The molecule has 1 atom stereocenters. The van der Waals surface area contributed by atoms with Crippen LogP contribution < -0.4 is 5.32 Å². The van der Waals surface area contributed by atoms with E-state index in [-0.39, 0.29) is 6.10 Å². The van der Waals surface area contributed by atoms with Gasteiger partial charge in [0.15, 0.2) is 0 Å². The zero-order valence-corrected chi connectivity index (χ0v) is 7.63. The maximum Gasteiger partial charge on any atom is 0.0571 e. The lowest BCUT2D eigenvalue weighted by atomic mass is 9.91. The quantitative estimate of drug-likeness (QED) is 0.664. The average Bonchev–Trinajstić information content (AvgIpc) is 2.88. The summed E-state index contributed by atoms with van der Waals surface area (Å²) in [7, 11) is 0. The highest BCUT2D eigenvalue weighted by Gasteiger charge is 2.31.